The summed E-state index contributed by atoms with van der Waals surface area (Å²) in [5, 5.41) is 9.91. The first-order valence-electron chi connectivity index (χ1n) is 6.78. The van der Waals surface area contributed by atoms with E-state index in [0.29, 0.717) is 0 Å². The van der Waals surface area contributed by atoms with E-state index in [-0.39, 0.29) is 19.4 Å². The maximum Gasteiger partial charge on any atom is 0.481 e. The molecular weight excluding hydrogens is 398 g/mol. The number of phosphoric acid groups is 2. The molecular formula is C11H20N2O11P2. The van der Waals surface area contributed by atoms with Gasteiger partial charge in [0.1, 0.15) is 12.3 Å². The molecule has 1 aliphatic heterocycles. The van der Waals surface area contributed by atoms with Crippen molar-refractivity contribution in [2.75, 3.05) is 6.61 Å². The van der Waals surface area contributed by atoms with Gasteiger partial charge >= 0.3 is 21.3 Å². The summed E-state index contributed by atoms with van der Waals surface area (Å²) in [7, 11) is -10.3. The van der Waals surface area contributed by atoms with Crippen LogP contribution in [0.3, 0.4) is 0 Å². The van der Waals surface area contributed by atoms with Crippen LogP contribution in [0.1, 0.15) is 25.6 Å². The quantitative estimate of drug-likeness (QED) is 0.368. The molecule has 1 fully saturated rings. The second kappa shape index (κ2) is 8.26. The van der Waals surface area contributed by atoms with Crippen LogP contribution in [0.25, 0.3) is 0 Å². The number of hydrogen-bond donors (Lipinski definition) is 5. The second-order valence-corrected chi connectivity index (χ2v) is 8.08. The molecule has 2 rings (SSSR count). The summed E-state index contributed by atoms with van der Waals surface area (Å²) in [5.74, 6) is 0. The number of phosphoric ester groups is 1. The van der Waals surface area contributed by atoms with E-state index in [1.807, 2.05) is 0 Å². The molecule has 150 valence electrons. The first kappa shape index (κ1) is 22.9. The van der Waals surface area contributed by atoms with Crippen LogP contribution in [0.2, 0.25) is 0 Å². The Morgan fingerprint density at radius 3 is 2.54 bits per heavy atom. The highest BCUT2D eigenvalue weighted by Crippen LogP contribution is 2.57. The SMILES string of the molecule is C.Cc1cn(C2CC(O)C(COP(=O)(O)OP(=O)(O)O)O2)c(=O)[nH]c1=O. The third-order valence-electron chi connectivity index (χ3n) is 3.27. The number of aliphatic hydroxyl groups excluding tert-OH is 1. The van der Waals surface area contributed by atoms with Crippen molar-refractivity contribution in [1.82, 2.24) is 9.55 Å². The summed E-state index contributed by atoms with van der Waals surface area (Å²) >= 11 is 0. The number of aromatic nitrogens is 2. The molecule has 1 saturated heterocycles. The van der Waals surface area contributed by atoms with Crippen LogP contribution in [-0.4, -0.2) is 48.2 Å². The van der Waals surface area contributed by atoms with Crippen molar-refractivity contribution in [3.8, 4) is 0 Å². The Kier molecular flexibility index (Phi) is 7.27. The minimum absolute atomic E-state index is 0. The summed E-state index contributed by atoms with van der Waals surface area (Å²) in [4.78, 5) is 51.4. The lowest BCUT2D eigenvalue weighted by Crippen LogP contribution is -2.33. The topological polar surface area (TPSA) is 198 Å². The standard InChI is InChI=1S/C10H16N2O11P2.CH4/c1-5-3-12(10(15)11-9(5)14)8-2-6(13)7(22-8)4-21-25(19,20)23-24(16,17)18;/h3,6-8,13H,2,4H2,1H3,(H,19,20)(H,11,14,15)(H2,16,17,18);1H4. The fraction of sp³-hybridized carbons (Fsp3) is 0.636. The van der Waals surface area contributed by atoms with Crippen molar-refractivity contribution in [2.45, 2.75) is 39.2 Å². The van der Waals surface area contributed by atoms with Gasteiger partial charge in [0.25, 0.3) is 5.56 Å². The van der Waals surface area contributed by atoms with Gasteiger partial charge in [0.05, 0.1) is 12.7 Å². The largest absolute Gasteiger partial charge is 0.481 e. The van der Waals surface area contributed by atoms with Gasteiger partial charge in [-0.15, -0.1) is 0 Å². The van der Waals surface area contributed by atoms with Crippen LogP contribution in [0.15, 0.2) is 15.8 Å². The highest BCUT2D eigenvalue weighted by molar-refractivity contribution is 7.60. The maximum atomic E-state index is 11.8. The van der Waals surface area contributed by atoms with Crippen LogP contribution in [0.5, 0.6) is 0 Å². The first-order chi connectivity index (χ1) is 11.4. The summed E-state index contributed by atoms with van der Waals surface area (Å²) < 4.78 is 36.3. The van der Waals surface area contributed by atoms with Gasteiger partial charge in [-0.25, -0.2) is 13.9 Å². The number of aromatic amines is 1. The lowest BCUT2D eigenvalue weighted by atomic mass is 10.2. The smallest absolute Gasteiger partial charge is 0.390 e. The number of H-pyrrole nitrogens is 1. The number of nitrogens with one attached hydrogen (secondary N) is 1. The molecule has 26 heavy (non-hydrogen) atoms. The van der Waals surface area contributed by atoms with E-state index in [1.165, 1.54) is 13.1 Å². The average Bonchev–Trinajstić information content (AvgIpc) is 2.79. The first-order valence-corrected chi connectivity index (χ1v) is 9.80. The van der Waals surface area contributed by atoms with Crippen LogP contribution in [-0.2, 0) is 22.7 Å². The summed E-state index contributed by atoms with van der Waals surface area (Å²) in [6, 6.07) is 0. The highest BCUT2D eigenvalue weighted by atomic mass is 31.3. The van der Waals surface area contributed by atoms with Gasteiger partial charge in [0.2, 0.25) is 0 Å². The van der Waals surface area contributed by atoms with Crippen molar-refractivity contribution in [2.24, 2.45) is 0 Å². The van der Waals surface area contributed by atoms with Gasteiger partial charge in [0.15, 0.2) is 0 Å². The minimum atomic E-state index is -5.26. The molecule has 1 aromatic heterocycles. The second-order valence-electron chi connectivity index (χ2n) is 5.25. The van der Waals surface area contributed by atoms with Crippen molar-refractivity contribution in [1.29, 1.82) is 0 Å². The number of aryl methyl sites for hydroxylation is 1. The normalized spacial score (nSPS) is 25.5. The van der Waals surface area contributed by atoms with Crippen molar-refractivity contribution in [3.63, 3.8) is 0 Å². The minimum Gasteiger partial charge on any atom is -0.390 e. The van der Waals surface area contributed by atoms with Crippen LogP contribution < -0.4 is 11.2 Å². The molecule has 2 heterocycles. The van der Waals surface area contributed by atoms with Crippen LogP contribution in [0, 0.1) is 6.92 Å². The third kappa shape index (κ3) is 5.95. The number of aliphatic hydroxyl groups is 1. The fourth-order valence-electron chi connectivity index (χ4n) is 2.16. The van der Waals surface area contributed by atoms with E-state index >= 15 is 0 Å². The van der Waals surface area contributed by atoms with Gasteiger partial charge in [-0.1, -0.05) is 7.43 Å². The Balaban J connectivity index is 0.00000338. The number of rotatable bonds is 6. The molecule has 4 unspecified atom stereocenters. The number of nitrogens with zero attached hydrogens (tertiary/aromatic N) is 1. The van der Waals surface area contributed by atoms with E-state index in [9.17, 15) is 28.7 Å². The lowest BCUT2D eigenvalue weighted by molar-refractivity contribution is -0.0450. The van der Waals surface area contributed by atoms with Gasteiger partial charge < -0.3 is 24.5 Å². The van der Waals surface area contributed by atoms with Crippen molar-refractivity contribution < 1.29 is 42.5 Å². The van der Waals surface area contributed by atoms with Crippen molar-refractivity contribution in [3.05, 3.63) is 32.6 Å². The molecule has 1 aliphatic rings. The Bertz CT molecular complexity index is 843. The molecule has 15 heteroatoms. The monoisotopic (exact) mass is 418 g/mol. The summed E-state index contributed by atoms with van der Waals surface area (Å²) in [5.41, 5.74) is -1.12. The van der Waals surface area contributed by atoms with Gasteiger partial charge in [-0.05, 0) is 6.92 Å². The molecule has 0 bridgehead atoms. The molecule has 13 nitrogen and oxygen atoms in total. The molecule has 1 aromatic rings. The average molecular weight is 418 g/mol. The Hall–Kier alpha value is -1.14. The molecule has 0 radical (unpaired) electrons. The van der Waals surface area contributed by atoms with Crippen molar-refractivity contribution >= 4 is 15.6 Å². The predicted octanol–water partition coefficient (Wildman–Crippen LogP) is -0.644. The van der Waals surface area contributed by atoms with E-state index in [0.717, 1.165) is 4.57 Å². The Morgan fingerprint density at radius 2 is 1.96 bits per heavy atom. The van der Waals surface area contributed by atoms with Gasteiger partial charge in [-0.2, -0.15) is 4.31 Å². The molecule has 0 spiro atoms. The summed E-state index contributed by atoms with van der Waals surface area (Å²) in [6.07, 6.45) is -2.22. The Morgan fingerprint density at radius 1 is 1.35 bits per heavy atom. The molecule has 5 N–H and O–H groups in total. The summed E-state index contributed by atoms with van der Waals surface area (Å²) in [6.45, 7) is 0.727. The zero-order valence-electron chi connectivity index (χ0n) is 12.7. The highest BCUT2D eigenvalue weighted by Gasteiger charge is 2.39. The van der Waals surface area contributed by atoms with Gasteiger partial charge in [0, 0.05) is 18.2 Å². The zero-order valence-corrected chi connectivity index (χ0v) is 14.5. The van der Waals surface area contributed by atoms with Gasteiger partial charge in [-0.3, -0.25) is 18.9 Å². The Labute approximate surface area is 147 Å². The van der Waals surface area contributed by atoms with E-state index in [1.54, 1.807) is 0 Å². The fourth-order valence-corrected chi connectivity index (χ4v) is 3.76. The van der Waals surface area contributed by atoms with E-state index in [2.05, 4.69) is 13.8 Å². The van der Waals surface area contributed by atoms with E-state index in [4.69, 9.17) is 14.5 Å². The van der Waals surface area contributed by atoms with E-state index < -0.39 is 51.9 Å². The molecule has 4 atom stereocenters. The number of ether oxygens (including phenoxy) is 1. The third-order valence-corrected chi connectivity index (χ3v) is 5.42. The van der Waals surface area contributed by atoms with Crippen LogP contribution >= 0.6 is 15.6 Å². The van der Waals surface area contributed by atoms with Crippen LogP contribution in [0.4, 0.5) is 0 Å². The predicted molar refractivity (Wildman–Crippen MR) is 86.2 cm³/mol. The molecule has 0 amide bonds. The lowest BCUT2D eigenvalue weighted by Gasteiger charge is -2.18. The maximum absolute atomic E-state index is 11.8. The molecule has 0 aromatic carbocycles. The number of hydrogen-bond acceptors (Lipinski definition) is 8. The molecule has 0 saturated carbocycles. The molecule has 0 aliphatic carbocycles. The zero-order chi connectivity index (χ0) is 19.0.